The monoisotopic (exact) mass is 532 g/mol. The topological polar surface area (TPSA) is 144 Å². The van der Waals surface area contributed by atoms with Crippen LogP contribution in [0.5, 0.6) is 0 Å². The minimum atomic E-state index is -1.28. The van der Waals surface area contributed by atoms with Crippen LogP contribution in [0.1, 0.15) is 24.0 Å². The number of hydrogen-bond donors (Lipinski definition) is 3. The number of imidazole rings is 1. The molecule has 0 radical (unpaired) electrons. The number of carboxylic acid groups (broad SMARTS) is 1. The Balaban J connectivity index is 1.34. The highest BCUT2D eigenvalue weighted by molar-refractivity contribution is 6.31. The Kier molecular flexibility index (Phi) is 5.72. The number of aromatic amines is 1. The molecule has 1 aliphatic rings. The average Bonchev–Trinajstić information content (AvgIpc) is 3.64. The van der Waals surface area contributed by atoms with Crippen molar-refractivity contribution in [3.63, 3.8) is 0 Å². The summed E-state index contributed by atoms with van der Waals surface area (Å²) in [5, 5.41) is 22.8. The number of fused-ring (bicyclic) bond motifs is 1. The third-order valence-corrected chi connectivity index (χ3v) is 6.66. The number of tetrazole rings is 1. The fraction of sp³-hybridized carbons (Fsp3) is 0.120. The molecule has 13 heteroatoms. The van der Waals surface area contributed by atoms with Crippen LogP contribution in [0.25, 0.3) is 28.1 Å². The molecule has 38 heavy (non-hydrogen) atoms. The number of H-pyrrole nitrogens is 1. The van der Waals surface area contributed by atoms with Gasteiger partial charge in [0.1, 0.15) is 18.0 Å². The minimum Gasteiger partial charge on any atom is -0.465 e. The van der Waals surface area contributed by atoms with Crippen LogP contribution in [0, 0.1) is 5.82 Å². The van der Waals surface area contributed by atoms with E-state index in [9.17, 15) is 14.0 Å². The van der Waals surface area contributed by atoms with Crippen molar-refractivity contribution >= 4 is 23.4 Å². The highest BCUT2D eigenvalue weighted by Crippen LogP contribution is 2.34. The number of aryl methyl sites for hydroxylation is 1. The summed E-state index contributed by atoms with van der Waals surface area (Å²) in [4.78, 5) is 31.7. The number of nitrogens with one attached hydrogen (secondary N) is 2. The summed E-state index contributed by atoms with van der Waals surface area (Å²) < 4.78 is 17.9. The number of hydrogen-bond acceptors (Lipinski definition) is 6. The van der Waals surface area contributed by atoms with Gasteiger partial charge in [-0.15, -0.1) is 5.10 Å². The SMILES string of the molecule is O=C(O)Nc1ccc(-c2cnc(C3CCc4cc(-c5cc(Cl)ccc5-n5cnnn5)cc(=O)n43)[nH]2)c(F)c1. The van der Waals surface area contributed by atoms with Gasteiger partial charge in [-0.1, -0.05) is 11.6 Å². The molecule has 5 aromatic rings. The summed E-state index contributed by atoms with van der Waals surface area (Å²) in [5.41, 5.74) is 3.47. The molecule has 2 aromatic carbocycles. The van der Waals surface area contributed by atoms with Crippen molar-refractivity contribution in [1.82, 2.24) is 34.7 Å². The predicted molar refractivity (Wildman–Crippen MR) is 136 cm³/mol. The first-order chi connectivity index (χ1) is 18.4. The Morgan fingerprint density at radius 3 is 2.79 bits per heavy atom. The summed E-state index contributed by atoms with van der Waals surface area (Å²) >= 11 is 6.27. The van der Waals surface area contributed by atoms with E-state index in [0.29, 0.717) is 46.2 Å². The van der Waals surface area contributed by atoms with E-state index in [0.717, 1.165) is 11.8 Å². The van der Waals surface area contributed by atoms with E-state index in [4.69, 9.17) is 16.7 Å². The second-order valence-corrected chi connectivity index (χ2v) is 9.16. The zero-order chi connectivity index (χ0) is 26.4. The lowest BCUT2D eigenvalue weighted by atomic mass is 10.0. The zero-order valence-electron chi connectivity index (χ0n) is 19.5. The van der Waals surface area contributed by atoms with Gasteiger partial charge in [0.2, 0.25) is 0 Å². The quantitative estimate of drug-likeness (QED) is 0.306. The zero-order valence-corrected chi connectivity index (χ0v) is 20.2. The number of aromatic nitrogens is 7. The Hall–Kier alpha value is -4.84. The van der Waals surface area contributed by atoms with E-state index in [-0.39, 0.29) is 22.9 Å². The van der Waals surface area contributed by atoms with Crippen molar-refractivity contribution in [2.75, 3.05) is 5.32 Å². The van der Waals surface area contributed by atoms with Crippen LogP contribution < -0.4 is 10.9 Å². The number of nitrogens with zero attached hydrogens (tertiary/aromatic N) is 6. The van der Waals surface area contributed by atoms with Crippen molar-refractivity contribution in [1.29, 1.82) is 0 Å². The van der Waals surface area contributed by atoms with Crippen LogP contribution in [0.2, 0.25) is 5.02 Å². The van der Waals surface area contributed by atoms with Crippen LogP contribution in [0.4, 0.5) is 14.9 Å². The second kappa shape index (κ2) is 9.23. The largest absolute Gasteiger partial charge is 0.465 e. The van der Waals surface area contributed by atoms with Gasteiger partial charge in [0, 0.05) is 33.6 Å². The van der Waals surface area contributed by atoms with Gasteiger partial charge in [-0.2, -0.15) is 4.68 Å². The molecule has 0 aliphatic carbocycles. The summed E-state index contributed by atoms with van der Waals surface area (Å²) in [6.45, 7) is 0. The number of amides is 1. The number of benzene rings is 2. The van der Waals surface area contributed by atoms with Crippen LogP contribution in [-0.2, 0) is 6.42 Å². The summed E-state index contributed by atoms with van der Waals surface area (Å²) in [6.07, 6.45) is 2.95. The Morgan fingerprint density at radius 2 is 2.03 bits per heavy atom. The van der Waals surface area contributed by atoms with E-state index < -0.39 is 11.9 Å². The summed E-state index contributed by atoms with van der Waals surface area (Å²) in [6, 6.07) is 12.4. The molecule has 1 aliphatic heterocycles. The number of carbonyl (C=O) groups is 1. The maximum absolute atomic E-state index is 14.7. The van der Waals surface area contributed by atoms with Gasteiger partial charge in [0.25, 0.3) is 5.56 Å². The summed E-state index contributed by atoms with van der Waals surface area (Å²) in [7, 11) is 0. The second-order valence-electron chi connectivity index (χ2n) is 8.72. The molecular formula is C25H18ClFN8O3. The smallest absolute Gasteiger partial charge is 0.409 e. The molecular weight excluding hydrogens is 515 g/mol. The summed E-state index contributed by atoms with van der Waals surface area (Å²) in [5.74, 6) is -0.0853. The van der Waals surface area contributed by atoms with Gasteiger partial charge < -0.3 is 14.7 Å². The molecule has 190 valence electrons. The molecule has 3 aromatic heterocycles. The highest BCUT2D eigenvalue weighted by atomic mass is 35.5. The van der Waals surface area contributed by atoms with E-state index in [1.807, 2.05) is 6.07 Å². The molecule has 6 rings (SSSR count). The number of halogens is 2. The van der Waals surface area contributed by atoms with Crippen LogP contribution in [-0.4, -0.2) is 45.9 Å². The fourth-order valence-electron chi connectivity index (χ4n) is 4.80. The van der Waals surface area contributed by atoms with E-state index >= 15 is 0 Å². The third kappa shape index (κ3) is 4.20. The van der Waals surface area contributed by atoms with Crippen molar-refractivity contribution in [3.8, 4) is 28.1 Å². The molecule has 0 fully saturated rings. The lowest BCUT2D eigenvalue weighted by Gasteiger charge is -2.15. The number of pyridine rings is 1. The van der Waals surface area contributed by atoms with Gasteiger partial charge in [-0.25, -0.2) is 14.2 Å². The first kappa shape index (κ1) is 23.6. The standard InChI is InChI=1S/C25H18ClFN8O3/c26-14-1-5-21(34-12-29-32-33-34)18(9-14)13-7-16-3-6-22(35(16)23(36)8-13)24-28-11-20(31-24)17-4-2-15(10-19(17)27)30-25(37)38/h1-2,4-5,7-12,22,30H,3,6H2,(H,28,31)(H,37,38). The van der Waals surface area contributed by atoms with Crippen molar-refractivity contribution in [2.24, 2.45) is 0 Å². The third-order valence-electron chi connectivity index (χ3n) is 6.42. The Labute approximate surface area is 218 Å². The number of anilines is 1. The lowest BCUT2D eigenvalue weighted by molar-refractivity contribution is 0.209. The van der Waals surface area contributed by atoms with Gasteiger partial charge in [-0.3, -0.25) is 10.1 Å². The average molecular weight is 533 g/mol. The molecule has 0 bridgehead atoms. The Bertz CT molecular complexity index is 1750. The minimum absolute atomic E-state index is 0.119. The fourth-order valence-corrected chi connectivity index (χ4v) is 4.97. The molecule has 1 amide bonds. The van der Waals surface area contributed by atoms with Gasteiger partial charge in [0.15, 0.2) is 0 Å². The van der Waals surface area contributed by atoms with Crippen LogP contribution in [0.3, 0.4) is 0 Å². The molecule has 1 unspecified atom stereocenters. The molecule has 4 heterocycles. The highest BCUT2D eigenvalue weighted by Gasteiger charge is 2.28. The molecule has 0 spiro atoms. The van der Waals surface area contributed by atoms with Crippen LogP contribution in [0.15, 0.2) is 65.8 Å². The lowest BCUT2D eigenvalue weighted by Crippen LogP contribution is -2.23. The van der Waals surface area contributed by atoms with Crippen molar-refractivity contribution < 1.29 is 14.3 Å². The van der Waals surface area contributed by atoms with Crippen molar-refractivity contribution in [3.05, 3.63) is 93.8 Å². The van der Waals surface area contributed by atoms with Crippen LogP contribution >= 0.6 is 11.6 Å². The maximum atomic E-state index is 14.7. The Morgan fingerprint density at radius 1 is 1.16 bits per heavy atom. The molecule has 1 atom stereocenters. The molecule has 11 nitrogen and oxygen atoms in total. The molecule has 0 saturated heterocycles. The van der Waals surface area contributed by atoms with E-state index in [2.05, 4.69) is 30.8 Å². The first-order valence-corrected chi connectivity index (χ1v) is 11.9. The molecule has 0 saturated carbocycles. The maximum Gasteiger partial charge on any atom is 0.409 e. The molecule has 3 N–H and O–H groups in total. The van der Waals surface area contributed by atoms with Crippen molar-refractivity contribution in [2.45, 2.75) is 18.9 Å². The van der Waals surface area contributed by atoms with E-state index in [1.165, 1.54) is 29.3 Å². The first-order valence-electron chi connectivity index (χ1n) is 11.5. The van der Waals surface area contributed by atoms with E-state index in [1.54, 1.807) is 28.8 Å². The number of rotatable bonds is 5. The van der Waals surface area contributed by atoms with Gasteiger partial charge in [0.05, 0.1) is 23.6 Å². The predicted octanol–water partition coefficient (Wildman–Crippen LogP) is 4.30. The van der Waals surface area contributed by atoms with Gasteiger partial charge >= 0.3 is 6.09 Å². The van der Waals surface area contributed by atoms with Gasteiger partial charge in [-0.05, 0) is 71.3 Å². The normalized spacial score (nSPS) is 14.4.